The van der Waals surface area contributed by atoms with Gasteiger partial charge in [-0.2, -0.15) is 9.90 Å². The molecule has 0 aliphatic rings. The molecule has 0 spiro atoms. The van der Waals surface area contributed by atoms with Crippen LogP contribution in [0.5, 0.6) is 0 Å². The van der Waals surface area contributed by atoms with Crippen molar-refractivity contribution >= 4 is 29.1 Å². The van der Waals surface area contributed by atoms with E-state index < -0.39 is 4.92 Å². The average Bonchev–Trinajstić information content (AvgIpc) is 3.51. The second-order valence-corrected chi connectivity index (χ2v) is 8.94. The van der Waals surface area contributed by atoms with Crippen LogP contribution in [0.4, 0.5) is 5.69 Å². The van der Waals surface area contributed by atoms with Crippen molar-refractivity contribution in [2.24, 2.45) is 0 Å². The van der Waals surface area contributed by atoms with E-state index in [1.165, 1.54) is 22.5 Å². The fourth-order valence-electron chi connectivity index (χ4n) is 3.45. The van der Waals surface area contributed by atoms with Gasteiger partial charge in [0.25, 0.3) is 5.69 Å². The summed E-state index contributed by atoms with van der Waals surface area (Å²) in [6.07, 6.45) is 1.71. The maximum atomic E-state index is 10.9. The molecule has 0 saturated carbocycles. The third-order valence-corrected chi connectivity index (χ3v) is 6.65. The summed E-state index contributed by atoms with van der Waals surface area (Å²) >= 11 is 8.08. The van der Waals surface area contributed by atoms with Gasteiger partial charge in [0.1, 0.15) is 5.03 Å². The van der Waals surface area contributed by atoms with E-state index in [4.69, 9.17) is 11.6 Å². The summed E-state index contributed by atoms with van der Waals surface area (Å²) in [4.78, 5) is 11.9. The van der Waals surface area contributed by atoms with Gasteiger partial charge in [-0.15, -0.1) is 22.0 Å². The Kier molecular flexibility index (Phi) is 6.55. The molecular weight excluding hydrogens is 486 g/mol. The fourth-order valence-corrected chi connectivity index (χ4v) is 4.73. The van der Waals surface area contributed by atoms with Crippen LogP contribution in [0.1, 0.15) is 11.1 Å². The van der Waals surface area contributed by atoms with Crippen LogP contribution < -0.4 is 0 Å². The van der Waals surface area contributed by atoms with E-state index in [9.17, 15) is 10.1 Å². The number of rotatable bonds is 8. The molecule has 0 saturated heterocycles. The Morgan fingerprint density at radius 1 is 0.943 bits per heavy atom. The van der Waals surface area contributed by atoms with Crippen LogP contribution in [0.2, 0.25) is 5.02 Å². The first-order chi connectivity index (χ1) is 17.1. The molecule has 0 bridgehead atoms. The zero-order chi connectivity index (χ0) is 24.2. The van der Waals surface area contributed by atoms with Crippen molar-refractivity contribution in [3.8, 4) is 17.1 Å². The molecule has 35 heavy (non-hydrogen) atoms. The van der Waals surface area contributed by atoms with E-state index in [0.717, 1.165) is 27.6 Å². The van der Waals surface area contributed by atoms with Crippen molar-refractivity contribution in [1.29, 1.82) is 0 Å². The molecule has 3 aromatic carbocycles. The molecule has 5 rings (SSSR count). The van der Waals surface area contributed by atoms with Gasteiger partial charge in [0, 0.05) is 17.9 Å². The number of tetrazole rings is 1. The van der Waals surface area contributed by atoms with E-state index in [1.54, 1.807) is 34.8 Å². The lowest BCUT2D eigenvalue weighted by molar-refractivity contribution is -0.384. The number of thioether (sulfide) groups is 1. The van der Waals surface area contributed by atoms with Crippen molar-refractivity contribution in [2.45, 2.75) is 17.3 Å². The highest BCUT2D eigenvalue weighted by atomic mass is 35.5. The Labute approximate surface area is 209 Å². The lowest BCUT2D eigenvalue weighted by Crippen LogP contribution is -2.04. The zero-order valence-electron chi connectivity index (χ0n) is 18.2. The Balaban J connectivity index is 1.45. The predicted molar refractivity (Wildman–Crippen MR) is 134 cm³/mol. The van der Waals surface area contributed by atoms with Gasteiger partial charge in [-0.1, -0.05) is 66.2 Å². The monoisotopic (exact) mass is 503 g/mol. The number of halogens is 1. The predicted octanol–water partition coefficient (Wildman–Crippen LogP) is 5.43. The molecule has 0 aliphatic carbocycles. The minimum atomic E-state index is -0.430. The Morgan fingerprint density at radius 3 is 2.43 bits per heavy atom. The summed E-state index contributed by atoms with van der Waals surface area (Å²) in [6.45, 7) is 0.330. The summed E-state index contributed by atoms with van der Waals surface area (Å²) in [5.74, 6) is 1.15. The summed E-state index contributed by atoms with van der Waals surface area (Å²) in [5.41, 5.74) is 3.53. The number of non-ortho nitro benzene ring substituents is 1. The lowest BCUT2D eigenvalue weighted by atomic mass is 10.2. The van der Waals surface area contributed by atoms with Gasteiger partial charge in [0.15, 0.2) is 0 Å². The van der Waals surface area contributed by atoms with Crippen LogP contribution in [0.15, 0.2) is 90.1 Å². The molecule has 0 N–H and O–H groups in total. The van der Waals surface area contributed by atoms with Crippen LogP contribution in [0.25, 0.3) is 17.1 Å². The second-order valence-electron chi connectivity index (χ2n) is 7.57. The first-order valence-electron chi connectivity index (χ1n) is 10.6. The molecule has 0 atom stereocenters. The molecule has 174 valence electrons. The Hall–Kier alpha value is -4.02. The van der Waals surface area contributed by atoms with E-state index in [-0.39, 0.29) is 5.69 Å². The summed E-state index contributed by atoms with van der Waals surface area (Å²) in [6, 6.07) is 23.9. The lowest BCUT2D eigenvalue weighted by Gasteiger charge is -2.10. The Bertz CT molecular complexity index is 1470. The van der Waals surface area contributed by atoms with Crippen LogP contribution in [-0.2, 0) is 12.3 Å². The number of nitro benzene ring substituents is 1. The van der Waals surface area contributed by atoms with Gasteiger partial charge in [-0.25, -0.2) is 4.68 Å². The average molecular weight is 504 g/mol. The SMILES string of the molecule is O=[N+]([O-])c1ccc(Cn2nnc(-c3cnn(-c4ccccc4Cl)c3SCc3ccccc3)n2)cc1. The van der Waals surface area contributed by atoms with Gasteiger partial charge in [-0.3, -0.25) is 10.1 Å². The molecule has 2 heterocycles. The number of nitro groups is 1. The van der Waals surface area contributed by atoms with Gasteiger partial charge < -0.3 is 0 Å². The van der Waals surface area contributed by atoms with Crippen LogP contribution in [0, 0.1) is 10.1 Å². The molecule has 2 aromatic heterocycles. The standard InChI is InChI=1S/C24H18ClN7O2S/c25-21-8-4-5-9-22(21)31-24(35-16-18-6-2-1-3-7-18)20(14-26-31)23-27-29-30(28-23)15-17-10-12-19(13-11-17)32(33)34/h1-14H,15-16H2. The van der Waals surface area contributed by atoms with Gasteiger partial charge in [0.05, 0.1) is 33.9 Å². The van der Waals surface area contributed by atoms with E-state index in [1.807, 2.05) is 42.5 Å². The minimum absolute atomic E-state index is 0.0352. The second kappa shape index (κ2) is 10.1. The van der Waals surface area contributed by atoms with Crippen molar-refractivity contribution < 1.29 is 4.92 Å². The Morgan fingerprint density at radius 2 is 1.69 bits per heavy atom. The van der Waals surface area contributed by atoms with Gasteiger partial charge in [0.2, 0.25) is 5.82 Å². The number of hydrogen-bond acceptors (Lipinski definition) is 7. The third kappa shape index (κ3) is 5.08. The third-order valence-electron chi connectivity index (χ3n) is 5.19. The first kappa shape index (κ1) is 22.8. The van der Waals surface area contributed by atoms with Crippen LogP contribution in [0.3, 0.4) is 0 Å². The van der Waals surface area contributed by atoms with Gasteiger partial charge in [-0.05, 0) is 28.5 Å². The van der Waals surface area contributed by atoms with E-state index >= 15 is 0 Å². The smallest absolute Gasteiger partial charge is 0.258 e. The normalized spacial score (nSPS) is 11.0. The van der Waals surface area contributed by atoms with Crippen molar-refractivity contribution in [1.82, 2.24) is 30.0 Å². The van der Waals surface area contributed by atoms with Gasteiger partial charge >= 0.3 is 0 Å². The maximum absolute atomic E-state index is 10.9. The molecule has 0 radical (unpaired) electrons. The highest BCUT2D eigenvalue weighted by Crippen LogP contribution is 2.35. The van der Waals surface area contributed by atoms with E-state index in [2.05, 4.69) is 32.6 Å². The molecule has 11 heteroatoms. The van der Waals surface area contributed by atoms with Crippen molar-refractivity contribution in [3.05, 3.63) is 111 Å². The summed E-state index contributed by atoms with van der Waals surface area (Å²) < 4.78 is 1.79. The molecule has 9 nitrogen and oxygen atoms in total. The maximum Gasteiger partial charge on any atom is 0.269 e. The van der Waals surface area contributed by atoms with Crippen LogP contribution >= 0.6 is 23.4 Å². The molecular formula is C24H18ClN7O2S. The van der Waals surface area contributed by atoms with E-state index in [0.29, 0.717) is 17.4 Å². The number of aromatic nitrogens is 6. The summed E-state index contributed by atoms with van der Waals surface area (Å²) in [5, 5.41) is 29.9. The van der Waals surface area contributed by atoms with Crippen molar-refractivity contribution in [2.75, 3.05) is 0 Å². The topological polar surface area (TPSA) is 105 Å². The molecule has 0 aliphatic heterocycles. The summed E-state index contributed by atoms with van der Waals surface area (Å²) in [7, 11) is 0. The number of para-hydroxylation sites is 1. The number of nitrogens with zero attached hydrogens (tertiary/aromatic N) is 7. The minimum Gasteiger partial charge on any atom is -0.258 e. The molecule has 5 aromatic rings. The first-order valence-corrected chi connectivity index (χ1v) is 12.0. The largest absolute Gasteiger partial charge is 0.269 e. The van der Waals surface area contributed by atoms with Crippen LogP contribution in [-0.4, -0.2) is 34.9 Å². The zero-order valence-corrected chi connectivity index (χ0v) is 19.8. The number of hydrogen-bond donors (Lipinski definition) is 0. The highest BCUT2D eigenvalue weighted by Gasteiger charge is 2.20. The molecule has 0 fully saturated rings. The van der Waals surface area contributed by atoms with Crippen molar-refractivity contribution in [3.63, 3.8) is 0 Å². The molecule has 0 amide bonds. The number of benzene rings is 3. The fraction of sp³-hybridized carbons (Fsp3) is 0.0833. The highest BCUT2D eigenvalue weighted by molar-refractivity contribution is 7.98. The molecule has 0 unspecified atom stereocenters. The quantitative estimate of drug-likeness (QED) is 0.158.